The Bertz CT molecular complexity index is 777. The SMILES string of the molecule is C[C@@H]1Cc2c(C(=O)N(CCCO)Cc3cccc(Cl)c3)n[nH]c2[C@H](C)O1. The summed E-state index contributed by atoms with van der Waals surface area (Å²) in [7, 11) is 0. The van der Waals surface area contributed by atoms with E-state index >= 15 is 0 Å². The fraction of sp³-hybridized carbons (Fsp3) is 0.474. The lowest BCUT2D eigenvalue weighted by Gasteiger charge is -2.26. The number of H-pyrrole nitrogens is 1. The number of carbonyl (C=O) groups excluding carboxylic acids is 1. The number of hydrogen-bond acceptors (Lipinski definition) is 4. The second-order valence-corrected chi connectivity index (χ2v) is 7.13. The summed E-state index contributed by atoms with van der Waals surface area (Å²) in [4.78, 5) is 14.9. The molecule has 7 heteroatoms. The first-order valence-corrected chi connectivity index (χ1v) is 9.24. The third-order valence-electron chi connectivity index (χ3n) is 4.57. The molecule has 1 aliphatic rings. The summed E-state index contributed by atoms with van der Waals surface area (Å²) < 4.78 is 5.80. The van der Waals surface area contributed by atoms with Gasteiger partial charge >= 0.3 is 0 Å². The van der Waals surface area contributed by atoms with Crippen molar-refractivity contribution in [3.63, 3.8) is 0 Å². The fourth-order valence-corrected chi connectivity index (χ4v) is 3.58. The van der Waals surface area contributed by atoms with Gasteiger partial charge in [-0.15, -0.1) is 0 Å². The number of halogens is 1. The molecule has 1 aromatic heterocycles. The Morgan fingerprint density at radius 2 is 2.27 bits per heavy atom. The average Bonchev–Trinajstić information content (AvgIpc) is 3.02. The first-order valence-electron chi connectivity index (χ1n) is 8.86. The van der Waals surface area contributed by atoms with E-state index in [0.29, 0.717) is 36.6 Å². The molecule has 26 heavy (non-hydrogen) atoms. The Kier molecular flexibility index (Phi) is 5.96. The Labute approximate surface area is 158 Å². The predicted octanol–water partition coefficient (Wildman–Crippen LogP) is 3.11. The third-order valence-corrected chi connectivity index (χ3v) is 4.81. The molecule has 3 rings (SSSR count). The molecule has 2 aromatic rings. The highest BCUT2D eigenvalue weighted by Crippen LogP contribution is 2.30. The van der Waals surface area contributed by atoms with Crippen LogP contribution >= 0.6 is 11.6 Å². The van der Waals surface area contributed by atoms with Crippen molar-refractivity contribution < 1.29 is 14.6 Å². The second-order valence-electron chi connectivity index (χ2n) is 6.69. The quantitative estimate of drug-likeness (QED) is 0.810. The molecular formula is C19H24ClN3O3. The number of carbonyl (C=O) groups is 1. The molecule has 2 N–H and O–H groups in total. The number of aromatic nitrogens is 2. The van der Waals surface area contributed by atoms with Crippen molar-refractivity contribution in [3.05, 3.63) is 51.8 Å². The maximum absolute atomic E-state index is 13.2. The Morgan fingerprint density at radius 1 is 1.46 bits per heavy atom. The molecule has 1 aromatic carbocycles. The lowest BCUT2D eigenvalue weighted by Crippen LogP contribution is -2.33. The molecule has 0 saturated carbocycles. The third kappa shape index (κ3) is 4.09. The number of nitrogens with zero attached hydrogens (tertiary/aromatic N) is 2. The zero-order chi connectivity index (χ0) is 18.7. The number of aromatic amines is 1. The molecular weight excluding hydrogens is 354 g/mol. The topological polar surface area (TPSA) is 78.5 Å². The van der Waals surface area contributed by atoms with Crippen molar-refractivity contribution in [2.45, 2.75) is 45.4 Å². The van der Waals surface area contributed by atoms with Gasteiger partial charge in [0.2, 0.25) is 0 Å². The number of rotatable bonds is 6. The van der Waals surface area contributed by atoms with Gasteiger partial charge in [0, 0.05) is 36.7 Å². The summed E-state index contributed by atoms with van der Waals surface area (Å²) in [6.45, 7) is 4.85. The van der Waals surface area contributed by atoms with Gasteiger partial charge in [0.05, 0.1) is 17.9 Å². The molecule has 0 spiro atoms. The van der Waals surface area contributed by atoms with Crippen LogP contribution in [-0.2, 0) is 17.7 Å². The molecule has 0 fully saturated rings. The van der Waals surface area contributed by atoms with E-state index in [1.54, 1.807) is 11.0 Å². The van der Waals surface area contributed by atoms with E-state index in [9.17, 15) is 9.90 Å². The summed E-state index contributed by atoms with van der Waals surface area (Å²) in [5.41, 5.74) is 3.19. The minimum absolute atomic E-state index is 0.0277. The van der Waals surface area contributed by atoms with Gasteiger partial charge < -0.3 is 14.7 Å². The molecule has 1 aliphatic heterocycles. The summed E-state index contributed by atoms with van der Waals surface area (Å²) in [6.07, 6.45) is 1.10. The van der Waals surface area contributed by atoms with E-state index in [0.717, 1.165) is 16.8 Å². The van der Waals surface area contributed by atoms with Crippen LogP contribution in [-0.4, -0.2) is 45.4 Å². The Morgan fingerprint density at radius 3 is 3.00 bits per heavy atom. The van der Waals surface area contributed by atoms with E-state index in [4.69, 9.17) is 16.3 Å². The largest absolute Gasteiger partial charge is 0.396 e. The van der Waals surface area contributed by atoms with Crippen molar-refractivity contribution >= 4 is 17.5 Å². The van der Waals surface area contributed by atoms with Crippen LogP contribution in [0.5, 0.6) is 0 Å². The zero-order valence-corrected chi connectivity index (χ0v) is 15.8. The van der Waals surface area contributed by atoms with Gasteiger partial charge in [-0.05, 0) is 38.0 Å². The molecule has 2 heterocycles. The summed E-state index contributed by atoms with van der Waals surface area (Å²) >= 11 is 6.06. The van der Waals surface area contributed by atoms with E-state index in [2.05, 4.69) is 10.2 Å². The summed E-state index contributed by atoms with van der Waals surface area (Å²) in [5.74, 6) is -0.141. The van der Waals surface area contributed by atoms with Crippen molar-refractivity contribution in [2.75, 3.05) is 13.2 Å². The smallest absolute Gasteiger partial charge is 0.274 e. The van der Waals surface area contributed by atoms with Crippen LogP contribution in [0.3, 0.4) is 0 Å². The number of nitrogens with one attached hydrogen (secondary N) is 1. The highest BCUT2D eigenvalue weighted by Gasteiger charge is 2.31. The molecule has 0 bridgehead atoms. The molecule has 0 saturated heterocycles. The molecule has 0 unspecified atom stereocenters. The summed E-state index contributed by atoms with van der Waals surface area (Å²) in [6, 6.07) is 7.45. The monoisotopic (exact) mass is 377 g/mol. The second kappa shape index (κ2) is 8.20. The lowest BCUT2D eigenvalue weighted by molar-refractivity contribution is -0.00702. The molecule has 6 nitrogen and oxygen atoms in total. The highest BCUT2D eigenvalue weighted by molar-refractivity contribution is 6.30. The van der Waals surface area contributed by atoms with Crippen LogP contribution in [0.4, 0.5) is 0 Å². The number of benzene rings is 1. The van der Waals surface area contributed by atoms with Crippen LogP contribution in [0.1, 0.15) is 53.7 Å². The van der Waals surface area contributed by atoms with Crippen molar-refractivity contribution in [2.24, 2.45) is 0 Å². The van der Waals surface area contributed by atoms with E-state index in [1.165, 1.54) is 0 Å². The van der Waals surface area contributed by atoms with Crippen LogP contribution < -0.4 is 0 Å². The van der Waals surface area contributed by atoms with Gasteiger partial charge in [-0.25, -0.2) is 0 Å². The molecule has 0 aliphatic carbocycles. The van der Waals surface area contributed by atoms with E-state index in [-0.39, 0.29) is 24.7 Å². The first kappa shape index (κ1) is 18.9. The lowest BCUT2D eigenvalue weighted by atomic mass is 9.99. The fourth-order valence-electron chi connectivity index (χ4n) is 3.37. The summed E-state index contributed by atoms with van der Waals surface area (Å²) in [5, 5.41) is 17.1. The zero-order valence-electron chi connectivity index (χ0n) is 15.0. The average molecular weight is 378 g/mol. The standard InChI is InChI=1S/C19H24ClN3O3/c1-12-9-16-17(13(2)26-12)21-22-18(16)19(25)23(7-4-8-24)11-14-5-3-6-15(20)10-14/h3,5-6,10,12-13,24H,4,7-9,11H2,1-2H3,(H,21,22)/t12-,13+/m1/s1. The van der Waals surface area contributed by atoms with Crippen molar-refractivity contribution in [3.8, 4) is 0 Å². The number of aliphatic hydroxyl groups is 1. The predicted molar refractivity (Wildman–Crippen MR) is 99.1 cm³/mol. The minimum Gasteiger partial charge on any atom is -0.396 e. The number of aliphatic hydroxyl groups excluding tert-OH is 1. The van der Waals surface area contributed by atoms with Gasteiger partial charge in [-0.3, -0.25) is 9.89 Å². The van der Waals surface area contributed by atoms with Crippen molar-refractivity contribution in [1.82, 2.24) is 15.1 Å². The first-order chi connectivity index (χ1) is 12.5. The van der Waals surface area contributed by atoms with Crippen LogP contribution in [0.25, 0.3) is 0 Å². The number of amides is 1. The van der Waals surface area contributed by atoms with Gasteiger partial charge in [0.15, 0.2) is 5.69 Å². The van der Waals surface area contributed by atoms with E-state index in [1.807, 2.05) is 32.0 Å². The van der Waals surface area contributed by atoms with Gasteiger partial charge in [-0.2, -0.15) is 5.10 Å². The van der Waals surface area contributed by atoms with Crippen LogP contribution in [0.2, 0.25) is 5.02 Å². The number of hydrogen-bond donors (Lipinski definition) is 2. The Hall–Kier alpha value is -1.89. The normalized spacial score (nSPS) is 19.2. The number of fused-ring (bicyclic) bond motifs is 1. The minimum atomic E-state index is -0.141. The van der Waals surface area contributed by atoms with E-state index < -0.39 is 0 Å². The molecule has 2 atom stereocenters. The maximum Gasteiger partial charge on any atom is 0.274 e. The van der Waals surface area contributed by atoms with Crippen LogP contribution in [0, 0.1) is 0 Å². The molecule has 1 amide bonds. The van der Waals surface area contributed by atoms with Crippen molar-refractivity contribution in [1.29, 1.82) is 0 Å². The molecule has 140 valence electrons. The number of ether oxygens (including phenoxy) is 1. The Balaban J connectivity index is 1.86. The van der Waals surface area contributed by atoms with Gasteiger partial charge in [-0.1, -0.05) is 23.7 Å². The molecule has 0 radical (unpaired) electrons. The maximum atomic E-state index is 13.2. The highest BCUT2D eigenvalue weighted by atomic mass is 35.5. The van der Waals surface area contributed by atoms with Gasteiger partial charge in [0.1, 0.15) is 0 Å². The van der Waals surface area contributed by atoms with Crippen LogP contribution in [0.15, 0.2) is 24.3 Å². The van der Waals surface area contributed by atoms with Gasteiger partial charge in [0.25, 0.3) is 5.91 Å².